The summed E-state index contributed by atoms with van der Waals surface area (Å²) in [6.45, 7) is 3.02. The smallest absolute Gasteiger partial charge is 0.252 e. The summed E-state index contributed by atoms with van der Waals surface area (Å²) in [7, 11) is 0. The van der Waals surface area contributed by atoms with E-state index in [2.05, 4.69) is 17.1 Å². The fourth-order valence-electron chi connectivity index (χ4n) is 4.17. The van der Waals surface area contributed by atoms with E-state index in [9.17, 15) is 9.90 Å². The molecule has 2 aromatic carbocycles. The number of nitrogens with zero attached hydrogens (tertiary/aromatic N) is 2. The zero-order valence-corrected chi connectivity index (χ0v) is 16.7. The summed E-state index contributed by atoms with van der Waals surface area (Å²) in [4.78, 5) is 20.2. The van der Waals surface area contributed by atoms with Crippen molar-refractivity contribution in [2.24, 2.45) is 0 Å². The van der Waals surface area contributed by atoms with Crippen LogP contribution in [0.1, 0.15) is 48.1 Å². The lowest BCUT2D eigenvalue weighted by atomic mass is 10.0. The van der Waals surface area contributed by atoms with Crippen LogP contribution >= 0.6 is 0 Å². The quantitative estimate of drug-likeness (QED) is 0.667. The molecule has 5 heteroatoms. The number of carbonyl (C=O) groups is 1. The molecule has 0 bridgehead atoms. The number of pyridine rings is 1. The van der Waals surface area contributed by atoms with Crippen LogP contribution in [-0.4, -0.2) is 35.2 Å². The van der Waals surface area contributed by atoms with Gasteiger partial charge in [-0.15, -0.1) is 0 Å². The van der Waals surface area contributed by atoms with Crippen LogP contribution in [-0.2, 0) is 0 Å². The first kappa shape index (κ1) is 19.4. The number of rotatable bonds is 6. The highest BCUT2D eigenvalue weighted by Crippen LogP contribution is 2.29. The molecular weight excluding hydrogens is 362 g/mol. The predicted octanol–water partition coefficient (Wildman–Crippen LogP) is 4.08. The van der Waals surface area contributed by atoms with Crippen molar-refractivity contribution in [2.45, 2.75) is 38.3 Å². The Bertz CT molecular complexity index is 990. The van der Waals surface area contributed by atoms with Crippen molar-refractivity contribution in [3.8, 4) is 0 Å². The second-order valence-electron chi connectivity index (χ2n) is 7.56. The predicted molar refractivity (Wildman–Crippen MR) is 116 cm³/mol. The fraction of sp³-hybridized carbons (Fsp3) is 0.333. The number of benzene rings is 2. The first-order chi connectivity index (χ1) is 14.2. The Morgan fingerprint density at radius 1 is 1.21 bits per heavy atom. The van der Waals surface area contributed by atoms with Crippen LogP contribution in [0.5, 0.6) is 0 Å². The maximum absolute atomic E-state index is 13.3. The van der Waals surface area contributed by atoms with Crippen LogP contribution in [0.2, 0.25) is 0 Å². The highest BCUT2D eigenvalue weighted by atomic mass is 16.3. The van der Waals surface area contributed by atoms with Crippen molar-refractivity contribution in [2.75, 3.05) is 18.1 Å². The molecule has 1 saturated heterocycles. The summed E-state index contributed by atoms with van der Waals surface area (Å²) >= 11 is 0. The minimum atomic E-state index is -0.0969. The summed E-state index contributed by atoms with van der Waals surface area (Å²) in [6, 6.07) is 19.7. The first-order valence-corrected chi connectivity index (χ1v) is 10.3. The van der Waals surface area contributed by atoms with E-state index in [0.717, 1.165) is 48.1 Å². The summed E-state index contributed by atoms with van der Waals surface area (Å²) in [6.07, 6.45) is 2.77. The second kappa shape index (κ2) is 8.62. The number of aromatic nitrogens is 1. The monoisotopic (exact) mass is 389 g/mol. The molecule has 0 radical (unpaired) electrons. The molecule has 1 aliphatic heterocycles. The maximum atomic E-state index is 13.3. The lowest BCUT2D eigenvalue weighted by Crippen LogP contribution is -2.33. The summed E-state index contributed by atoms with van der Waals surface area (Å²) in [5.41, 5.74) is 2.52. The Morgan fingerprint density at radius 2 is 1.97 bits per heavy atom. The Labute approximate surface area is 171 Å². The van der Waals surface area contributed by atoms with Gasteiger partial charge in [0.1, 0.15) is 5.82 Å². The largest absolute Gasteiger partial charge is 0.394 e. The summed E-state index contributed by atoms with van der Waals surface area (Å²) in [5.74, 6) is 0.665. The van der Waals surface area contributed by atoms with E-state index in [4.69, 9.17) is 4.98 Å². The number of carbonyl (C=O) groups excluding carboxylic acids is 1. The molecule has 4 rings (SSSR count). The minimum Gasteiger partial charge on any atom is -0.394 e. The van der Waals surface area contributed by atoms with E-state index in [1.54, 1.807) is 0 Å². The third-order valence-corrected chi connectivity index (χ3v) is 5.74. The van der Waals surface area contributed by atoms with Crippen LogP contribution < -0.4 is 10.2 Å². The lowest BCUT2D eigenvalue weighted by Gasteiger charge is -2.25. The molecule has 0 saturated carbocycles. The molecule has 1 fully saturated rings. The number of amides is 1. The van der Waals surface area contributed by atoms with Crippen molar-refractivity contribution >= 4 is 22.6 Å². The van der Waals surface area contributed by atoms with E-state index in [0.29, 0.717) is 5.56 Å². The normalized spacial score (nSPS) is 17.4. The molecule has 1 aliphatic rings. The summed E-state index contributed by atoms with van der Waals surface area (Å²) < 4.78 is 0. The van der Waals surface area contributed by atoms with Crippen LogP contribution in [0.3, 0.4) is 0 Å². The van der Waals surface area contributed by atoms with Gasteiger partial charge in [0.25, 0.3) is 5.91 Å². The van der Waals surface area contributed by atoms with Gasteiger partial charge >= 0.3 is 0 Å². The highest BCUT2D eigenvalue weighted by Gasteiger charge is 2.26. The molecule has 1 aromatic heterocycles. The van der Waals surface area contributed by atoms with Gasteiger partial charge in [0, 0.05) is 11.9 Å². The fourth-order valence-corrected chi connectivity index (χ4v) is 4.17. The molecule has 0 aliphatic carbocycles. The van der Waals surface area contributed by atoms with Gasteiger partial charge in [0.05, 0.1) is 29.8 Å². The lowest BCUT2D eigenvalue weighted by molar-refractivity contribution is 0.0937. The van der Waals surface area contributed by atoms with Gasteiger partial charge in [-0.25, -0.2) is 4.98 Å². The third kappa shape index (κ3) is 3.96. The average molecular weight is 389 g/mol. The first-order valence-electron chi connectivity index (χ1n) is 10.3. The number of aliphatic hydroxyl groups excluding tert-OH is 1. The molecule has 29 heavy (non-hydrogen) atoms. The molecular formula is C24H27N3O2. The minimum absolute atomic E-state index is 0.0453. The van der Waals surface area contributed by atoms with Gasteiger partial charge in [-0.3, -0.25) is 4.79 Å². The number of hydrogen-bond donors (Lipinski definition) is 2. The molecule has 2 N–H and O–H groups in total. The van der Waals surface area contributed by atoms with Crippen LogP contribution in [0.15, 0.2) is 60.7 Å². The van der Waals surface area contributed by atoms with Crippen LogP contribution in [0, 0.1) is 0 Å². The Kier molecular flexibility index (Phi) is 5.76. The Balaban J connectivity index is 1.71. The van der Waals surface area contributed by atoms with Crippen LogP contribution in [0.25, 0.3) is 10.9 Å². The summed E-state index contributed by atoms with van der Waals surface area (Å²) in [5, 5.41) is 13.8. The van der Waals surface area contributed by atoms with Gasteiger partial charge in [0.15, 0.2) is 0 Å². The van der Waals surface area contributed by atoms with E-state index < -0.39 is 0 Å². The Hall–Kier alpha value is -2.92. The molecule has 150 valence electrons. The second-order valence-corrected chi connectivity index (χ2v) is 7.56. The van der Waals surface area contributed by atoms with E-state index in [1.807, 2.05) is 60.7 Å². The highest BCUT2D eigenvalue weighted by molar-refractivity contribution is 6.07. The van der Waals surface area contributed by atoms with Crippen molar-refractivity contribution < 1.29 is 9.90 Å². The van der Waals surface area contributed by atoms with E-state index in [1.165, 1.54) is 0 Å². The van der Waals surface area contributed by atoms with Crippen LogP contribution in [0.4, 0.5) is 5.82 Å². The van der Waals surface area contributed by atoms with Crippen molar-refractivity contribution in [1.82, 2.24) is 10.3 Å². The van der Waals surface area contributed by atoms with Gasteiger partial charge in [-0.2, -0.15) is 0 Å². The average Bonchev–Trinajstić information content (AvgIpc) is 3.26. The topological polar surface area (TPSA) is 65.5 Å². The molecule has 1 amide bonds. The molecule has 2 heterocycles. The van der Waals surface area contributed by atoms with Crippen molar-refractivity contribution in [3.05, 3.63) is 71.8 Å². The zero-order chi connectivity index (χ0) is 20.2. The van der Waals surface area contributed by atoms with Crippen molar-refractivity contribution in [3.63, 3.8) is 0 Å². The maximum Gasteiger partial charge on any atom is 0.252 e. The van der Waals surface area contributed by atoms with E-state index in [-0.39, 0.29) is 24.6 Å². The SMILES string of the molecule is CCC(NC(=O)c1cc(N2CCCC2CO)nc2ccccc12)c1ccccc1. The zero-order valence-electron chi connectivity index (χ0n) is 16.7. The standard InChI is InChI=1S/C24H27N3O2/c1-2-21(17-9-4-3-5-10-17)26-24(29)20-15-23(27-14-8-11-18(27)16-28)25-22-13-7-6-12-19(20)22/h3-7,9-10,12-13,15,18,21,28H,2,8,11,14,16H2,1H3,(H,26,29). The van der Waals surface area contributed by atoms with Crippen molar-refractivity contribution in [1.29, 1.82) is 0 Å². The molecule has 5 nitrogen and oxygen atoms in total. The van der Waals surface area contributed by atoms with Gasteiger partial charge in [-0.1, -0.05) is 55.5 Å². The van der Waals surface area contributed by atoms with Gasteiger partial charge in [0.2, 0.25) is 0 Å². The Morgan fingerprint density at radius 3 is 2.72 bits per heavy atom. The molecule has 2 atom stereocenters. The molecule has 0 spiro atoms. The van der Waals surface area contributed by atoms with E-state index >= 15 is 0 Å². The number of hydrogen-bond acceptors (Lipinski definition) is 4. The molecule has 2 unspecified atom stereocenters. The van der Waals surface area contributed by atoms with Gasteiger partial charge < -0.3 is 15.3 Å². The number of anilines is 1. The number of para-hydroxylation sites is 1. The number of nitrogens with one attached hydrogen (secondary N) is 1. The van der Waals surface area contributed by atoms with Gasteiger partial charge in [-0.05, 0) is 37.0 Å². The number of fused-ring (bicyclic) bond motifs is 1. The number of aliphatic hydroxyl groups is 1. The third-order valence-electron chi connectivity index (χ3n) is 5.74. The molecule has 3 aromatic rings.